The normalized spacial score (nSPS) is 16.9. The predicted octanol–water partition coefficient (Wildman–Crippen LogP) is 4.28. The summed E-state index contributed by atoms with van der Waals surface area (Å²) in [4.78, 5) is 11.8. The zero-order chi connectivity index (χ0) is 13.3. The number of carbonyl (C=O) groups is 1. The zero-order valence-electron chi connectivity index (χ0n) is 11.5. The van der Waals surface area contributed by atoms with Crippen LogP contribution in [0.4, 0.5) is 0 Å². The fourth-order valence-corrected chi connectivity index (χ4v) is 3.03. The highest BCUT2D eigenvalue weighted by Crippen LogP contribution is 2.39. The van der Waals surface area contributed by atoms with Crippen LogP contribution < -0.4 is 0 Å². The Balaban J connectivity index is 2.30. The first kappa shape index (κ1) is 13.7. The number of alkyl halides is 1. The van der Waals surface area contributed by atoms with Crippen LogP contribution in [0.1, 0.15) is 60.4 Å². The van der Waals surface area contributed by atoms with E-state index in [0.717, 1.165) is 23.6 Å². The molecule has 3 heteroatoms. The van der Waals surface area contributed by atoms with Crippen LogP contribution >= 0.6 is 11.6 Å². The van der Waals surface area contributed by atoms with Crippen LogP contribution in [0.2, 0.25) is 0 Å². The molecule has 1 saturated carbocycles. The highest BCUT2D eigenvalue weighted by atomic mass is 35.5. The van der Waals surface area contributed by atoms with Crippen molar-refractivity contribution in [2.75, 3.05) is 5.88 Å². The SMILES string of the molecule is CCC(CC1CC1)n1c(C)cc(C(=O)CCl)c1C. The van der Waals surface area contributed by atoms with Crippen LogP contribution in [-0.2, 0) is 0 Å². The van der Waals surface area contributed by atoms with Gasteiger partial charge in [0, 0.05) is 23.0 Å². The van der Waals surface area contributed by atoms with E-state index in [1.54, 1.807) is 0 Å². The van der Waals surface area contributed by atoms with E-state index in [4.69, 9.17) is 11.6 Å². The molecule has 1 aromatic heterocycles. The van der Waals surface area contributed by atoms with E-state index in [1.807, 2.05) is 13.0 Å². The highest BCUT2D eigenvalue weighted by Gasteiger charge is 2.27. The fourth-order valence-electron chi connectivity index (χ4n) is 2.89. The minimum Gasteiger partial charge on any atom is -0.345 e. The smallest absolute Gasteiger partial charge is 0.179 e. The Morgan fingerprint density at radius 1 is 1.50 bits per heavy atom. The summed E-state index contributed by atoms with van der Waals surface area (Å²) in [5.74, 6) is 1.02. The Morgan fingerprint density at radius 3 is 2.67 bits per heavy atom. The van der Waals surface area contributed by atoms with Gasteiger partial charge in [0.25, 0.3) is 0 Å². The van der Waals surface area contributed by atoms with Gasteiger partial charge in [-0.05, 0) is 38.7 Å². The second-order valence-corrected chi connectivity index (χ2v) is 5.72. The van der Waals surface area contributed by atoms with E-state index in [9.17, 15) is 4.79 Å². The lowest BCUT2D eigenvalue weighted by Crippen LogP contribution is -2.13. The Hall–Kier alpha value is -0.760. The van der Waals surface area contributed by atoms with Crippen molar-refractivity contribution in [2.45, 2.75) is 52.5 Å². The summed E-state index contributed by atoms with van der Waals surface area (Å²) in [5, 5.41) is 0. The average Bonchev–Trinajstić information content (AvgIpc) is 3.12. The van der Waals surface area contributed by atoms with Gasteiger partial charge in [0.05, 0.1) is 5.88 Å². The molecule has 100 valence electrons. The van der Waals surface area contributed by atoms with Gasteiger partial charge >= 0.3 is 0 Å². The lowest BCUT2D eigenvalue weighted by atomic mass is 10.1. The van der Waals surface area contributed by atoms with Gasteiger partial charge in [-0.25, -0.2) is 0 Å². The van der Waals surface area contributed by atoms with Crippen LogP contribution in [0.25, 0.3) is 0 Å². The van der Waals surface area contributed by atoms with Gasteiger partial charge in [-0.1, -0.05) is 19.8 Å². The third kappa shape index (κ3) is 2.64. The average molecular weight is 268 g/mol. The van der Waals surface area contributed by atoms with Crippen molar-refractivity contribution in [2.24, 2.45) is 5.92 Å². The maximum Gasteiger partial charge on any atom is 0.179 e. The first-order valence-electron chi connectivity index (χ1n) is 6.86. The number of aromatic nitrogens is 1. The summed E-state index contributed by atoms with van der Waals surface area (Å²) in [6.45, 7) is 6.37. The van der Waals surface area contributed by atoms with E-state index in [0.29, 0.717) is 6.04 Å². The monoisotopic (exact) mass is 267 g/mol. The van der Waals surface area contributed by atoms with E-state index in [2.05, 4.69) is 18.4 Å². The molecule has 18 heavy (non-hydrogen) atoms. The molecule has 0 saturated heterocycles. The van der Waals surface area contributed by atoms with E-state index < -0.39 is 0 Å². The van der Waals surface area contributed by atoms with Crippen molar-refractivity contribution in [3.63, 3.8) is 0 Å². The molecule has 1 aliphatic carbocycles. The molecule has 0 bridgehead atoms. The maximum atomic E-state index is 11.8. The molecule has 1 heterocycles. The summed E-state index contributed by atoms with van der Waals surface area (Å²) in [7, 11) is 0. The lowest BCUT2D eigenvalue weighted by molar-refractivity contribution is 0.102. The Morgan fingerprint density at radius 2 is 2.17 bits per heavy atom. The van der Waals surface area contributed by atoms with Crippen LogP contribution in [0.5, 0.6) is 0 Å². The number of ketones is 1. The van der Waals surface area contributed by atoms with E-state index in [-0.39, 0.29) is 11.7 Å². The molecule has 1 aromatic rings. The maximum absolute atomic E-state index is 11.8. The third-order valence-electron chi connectivity index (χ3n) is 4.04. The second kappa shape index (κ2) is 5.48. The third-order valence-corrected chi connectivity index (χ3v) is 4.29. The first-order valence-corrected chi connectivity index (χ1v) is 7.39. The minimum absolute atomic E-state index is 0.0392. The van der Waals surface area contributed by atoms with Gasteiger partial charge in [-0.2, -0.15) is 0 Å². The van der Waals surface area contributed by atoms with Crippen LogP contribution in [-0.4, -0.2) is 16.2 Å². The molecular formula is C15H22ClNO. The molecule has 0 amide bonds. The van der Waals surface area contributed by atoms with Gasteiger partial charge in [0.15, 0.2) is 5.78 Å². The number of hydrogen-bond donors (Lipinski definition) is 0. The van der Waals surface area contributed by atoms with E-state index in [1.165, 1.54) is 25.0 Å². The van der Waals surface area contributed by atoms with Crippen molar-refractivity contribution in [3.8, 4) is 0 Å². The van der Waals surface area contributed by atoms with Crippen LogP contribution in [0.15, 0.2) is 6.07 Å². The molecule has 0 N–H and O–H groups in total. The Labute approximate surface area is 114 Å². The molecule has 1 fully saturated rings. The van der Waals surface area contributed by atoms with Crippen LogP contribution in [0.3, 0.4) is 0 Å². The van der Waals surface area contributed by atoms with Gasteiger partial charge < -0.3 is 4.57 Å². The number of halogens is 1. The summed E-state index contributed by atoms with van der Waals surface area (Å²) in [5.41, 5.74) is 3.08. The van der Waals surface area contributed by atoms with Gasteiger partial charge in [-0.3, -0.25) is 4.79 Å². The number of aryl methyl sites for hydroxylation is 1. The molecule has 2 nitrogen and oxygen atoms in total. The minimum atomic E-state index is 0.0392. The first-order chi connectivity index (χ1) is 8.58. The summed E-state index contributed by atoms with van der Waals surface area (Å²) in [6.07, 6.45) is 5.13. The van der Waals surface area contributed by atoms with Crippen molar-refractivity contribution >= 4 is 17.4 Å². The molecular weight excluding hydrogens is 246 g/mol. The summed E-state index contributed by atoms with van der Waals surface area (Å²) >= 11 is 5.67. The topological polar surface area (TPSA) is 22.0 Å². The molecule has 0 radical (unpaired) electrons. The molecule has 2 rings (SSSR count). The van der Waals surface area contributed by atoms with Crippen molar-refractivity contribution in [1.82, 2.24) is 4.57 Å². The summed E-state index contributed by atoms with van der Waals surface area (Å²) in [6, 6.07) is 2.53. The molecule has 0 aromatic carbocycles. The summed E-state index contributed by atoms with van der Waals surface area (Å²) < 4.78 is 2.35. The van der Waals surface area contributed by atoms with Crippen molar-refractivity contribution in [1.29, 1.82) is 0 Å². The van der Waals surface area contributed by atoms with Crippen molar-refractivity contribution in [3.05, 3.63) is 23.0 Å². The number of Topliss-reactive ketones (excluding diaryl/α,β-unsaturated/α-hetero) is 1. The lowest BCUT2D eigenvalue weighted by Gasteiger charge is -2.21. The molecule has 0 spiro atoms. The molecule has 1 atom stereocenters. The Bertz CT molecular complexity index is 446. The van der Waals surface area contributed by atoms with Crippen LogP contribution in [0, 0.1) is 19.8 Å². The van der Waals surface area contributed by atoms with Crippen molar-refractivity contribution < 1.29 is 4.79 Å². The second-order valence-electron chi connectivity index (χ2n) is 5.45. The number of hydrogen-bond acceptors (Lipinski definition) is 1. The largest absolute Gasteiger partial charge is 0.345 e. The van der Waals surface area contributed by atoms with Gasteiger partial charge in [0.2, 0.25) is 0 Å². The number of nitrogens with zero attached hydrogens (tertiary/aromatic N) is 1. The fraction of sp³-hybridized carbons (Fsp3) is 0.667. The highest BCUT2D eigenvalue weighted by molar-refractivity contribution is 6.30. The quantitative estimate of drug-likeness (QED) is 0.557. The number of rotatable bonds is 6. The molecule has 0 aliphatic heterocycles. The molecule has 1 unspecified atom stereocenters. The number of carbonyl (C=O) groups excluding carboxylic acids is 1. The van der Waals surface area contributed by atoms with Gasteiger partial charge in [0.1, 0.15) is 0 Å². The standard InChI is InChI=1S/C15H22ClNO/c1-4-13(8-12-5-6-12)17-10(2)7-14(11(17)3)15(18)9-16/h7,12-13H,4-6,8-9H2,1-3H3. The zero-order valence-corrected chi connectivity index (χ0v) is 12.3. The Kier molecular flexibility index (Phi) is 4.16. The van der Waals surface area contributed by atoms with Gasteiger partial charge in [-0.15, -0.1) is 11.6 Å². The van der Waals surface area contributed by atoms with E-state index >= 15 is 0 Å². The predicted molar refractivity (Wildman–Crippen MR) is 75.6 cm³/mol. The molecule has 1 aliphatic rings.